The van der Waals surface area contributed by atoms with E-state index in [1.54, 1.807) is 30.3 Å². The van der Waals surface area contributed by atoms with Crippen molar-refractivity contribution in [3.63, 3.8) is 0 Å². The van der Waals surface area contributed by atoms with Gasteiger partial charge in [0.15, 0.2) is 9.84 Å². The van der Waals surface area contributed by atoms with E-state index in [0.717, 1.165) is 17.6 Å². The van der Waals surface area contributed by atoms with Crippen LogP contribution < -0.4 is 0 Å². The van der Waals surface area contributed by atoms with Crippen molar-refractivity contribution >= 4 is 31.0 Å². The Balaban J connectivity index is 2.23. The molecule has 0 bridgehead atoms. The molecule has 0 unspecified atom stereocenters. The van der Waals surface area contributed by atoms with E-state index in [1.807, 2.05) is 6.07 Å². The molecule has 1 radical (unpaired) electrons. The Bertz CT molecular complexity index is 1130. The van der Waals surface area contributed by atoms with Crippen molar-refractivity contribution < 1.29 is 16.8 Å². The first-order chi connectivity index (χ1) is 11.7. The van der Waals surface area contributed by atoms with Crippen LogP contribution in [0, 0.1) is 6.92 Å². The van der Waals surface area contributed by atoms with Crippen molar-refractivity contribution in [3.8, 4) is 11.1 Å². The van der Waals surface area contributed by atoms with E-state index >= 15 is 0 Å². The van der Waals surface area contributed by atoms with Crippen molar-refractivity contribution in [2.75, 3.05) is 6.26 Å². The normalized spacial score (nSPS) is 12.2. The van der Waals surface area contributed by atoms with Gasteiger partial charge >= 0.3 is 0 Å². The molecule has 1 heterocycles. The van der Waals surface area contributed by atoms with Crippen LogP contribution in [0.1, 0.15) is 4.88 Å². The van der Waals surface area contributed by atoms with Crippen molar-refractivity contribution in [1.82, 2.24) is 0 Å². The zero-order valence-corrected chi connectivity index (χ0v) is 15.8. The van der Waals surface area contributed by atoms with Crippen LogP contribution in [-0.4, -0.2) is 23.1 Å². The van der Waals surface area contributed by atoms with E-state index in [1.165, 1.54) is 24.3 Å². The molecule has 2 aromatic carbocycles. The average Bonchev–Trinajstić information content (AvgIpc) is 3.01. The van der Waals surface area contributed by atoms with Crippen LogP contribution in [0.3, 0.4) is 0 Å². The minimum Gasteiger partial charge on any atom is -0.224 e. The molecule has 0 aliphatic carbocycles. The summed E-state index contributed by atoms with van der Waals surface area (Å²) in [6.45, 7) is 3.72. The fourth-order valence-corrected chi connectivity index (χ4v) is 6.03. The Labute approximate surface area is 151 Å². The molecule has 0 saturated carbocycles. The summed E-state index contributed by atoms with van der Waals surface area (Å²) in [6.07, 6.45) is 1.07. The van der Waals surface area contributed by atoms with Gasteiger partial charge in [-0.05, 0) is 36.8 Å². The quantitative estimate of drug-likeness (QED) is 0.678. The van der Waals surface area contributed by atoms with E-state index in [2.05, 4.69) is 6.92 Å². The van der Waals surface area contributed by atoms with E-state index in [4.69, 9.17) is 0 Å². The predicted molar refractivity (Wildman–Crippen MR) is 99.2 cm³/mol. The highest BCUT2D eigenvalue weighted by molar-refractivity contribution is 7.93. The fourth-order valence-electron chi connectivity index (χ4n) is 2.45. The van der Waals surface area contributed by atoms with Crippen molar-refractivity contribution in [1.29, 1.82) is 0 Å². The van der Waals surface area contributed by atoms with Gasteiger partial charge in [-0.25, -0.2) is 16.8 Å². The number of rotatable bonds is 4. The molecule has 0 N–H and O–H groups in total. The van der Waals surface area contributed by atoms with Gasteiger partial charge in [-0.15, -0.1) is 11.3 Å². The summed E-state index contributed by atoms with van der Waals surface area (Å²) in [7, 11) is -7.40. The molecule has 7 heteroatoms. The lowest BCUT2D eigenvalue weighted by Crippen LogP contribution is -2.05. The second-order valence-corrected chi connectivity index (χ2v) is 10.8. The van der Waals surface area contributed by atoms with Gasteiger partial charge in [0, 0.05) is 16.7 Å². The lowest BCUT2D eigenvalue weighted by atomic mass is 10.1. The van der Waals surface area contributed by atoms with Crippen LogP contribution >= 0.6 is 11.3 Å². The summed E-state index contributed by atoms with van der Waals surface area (Å²) < 4.78 is 50.2. The molecule has 4 nitrogen and oxygen atoms in total. The van der Waals surface area contributed by atoms with Crippen LogP contribution in [0.25, 0.3) is 11.1 Å². The molecule has 0 aliphatic rings. The Morgan fingerprint density at radius 3 is 2.12 bits per heavy atom. The third kappa shape index (κ3) is 3.53. The number of benzene rings is 2. The first-order valence-electron chi connectivity index (χ1n) is 7.26. The van der Waals surface area contributed by atoms with Crippen LogP contribution in [0.15, 0.2) is 74.7 Å². The zero-order chi connectivity index (χ0) is 18.2. The van der Waals surface area contributed by atoms with Crippen LogP contribution in [0.2, 0.25) is 0 Å². The largest absolute Gasteiger partial charge is 0.224 e. The van der Waals surface area contributed by atoms with E-state index in [9.17, 15) is 16.8 Å². The molecule has 0 atom stereocenters. The van der Waals surface area contributed by atoms with Gasteiger partial charge in [-0.1, -0.05) is 36.4 Å². The SMILES string of the molecule is [CH2]c1ccc(S(=O)(=O)c2ccc(-c3ccccc3)c(S(C)(=O)=O)c2)s1. The van der Waals surface area contributed by atoms with Crippen molar-refractivity contribution in [2.45, 2.75) is 14.0 Å². The maximum atomic E-state index is 12.8. The minimum atomic E-state index is -3.79. The Morgan fingerprint density at radius 2 is 1.56 bits per heavy atom. The topological polar surface area (TPSA) is 68.3 Å². The first-order valence-corrected chi connectivity index (χ1v) is 11.4. The maximum absolute atomic E-state index is 12.8. The first kappa shape index (κ1) is 17.8. The van der Waals surface area contributed by atoms with Crippen LogP contribution in [-0.2, 0) is 19.7 Å². The van der Waals surface area contributed by atoms with Gasteiger partial charge in [0.25, 0.3) is 0 Å². The summed E-state index contributed by atoms with van der Waals surface area (Å²) in [5.41, 5.74) is 1.19. The molecule has 0 fully saturated rings. The standard InChI is InChI=1S/C18H15O4S3/c1-13-8-11-18(23-13)25(21,22)15-9-10-16(14-6-4-3-5-7-14)17(12-15)24(2,19)20/h3-12H,1H2,2H3. The minimum absolute atomic E-state index is 0.00817. The molecule has 129 valence electrons. The Morgan fingerprint density at radius 1 is 0.880 bits per heavy atom. The summed E-state index contributed by atoms with van der Waals surface area (Å²) >= 11 is 1.05. The summed E-state index contributed by atoms with van der Waals surface area (Å²) in [6, 6.07) is 16.3. The number of hydrogen-bond donors (Lipinski definition) is 0. The smallest absolute Gasteiger partial charge is 0.216 e. The van der Waals surface area contributed by atoms with Crippen LogP contribution in [0.5, 0.6) is 0 Å². The van der Waals surface area contributed by atoms with Gasteiger partial charge in [0.05, 0.1) is 9.79 Å². The summed E-state index contributed by atoms with van der Waals surface area (Å²) in [5, 5.41) is 0. The molecule has 1 aromatic heterocycles. The molecule has 0 spiro atoms. The number of hydrogen-bond acceptors (Lipinski definition) is 5. The van der Waals surface area contributed by atoms with Gasteiger partial charge in [0.1, 0.15) is 4.21 Å². The maximum Gasteiger partial charge on any atom is 0.216 e. The zero-order valence-electron chi connectivity index (χ0n) is 13.3. The summed E-state index contributed by atoms with van der Waals surface area (Å²) in [5.74, 6) is 0. The van der Waals surface area contributed by atoms with Gasteiger partial charge in [-0.3, -0.25) is 0 Å². The molecule has 25 heavy (non-hydrogen) atoms. The highest BCUT2D eigenvalue weighted by Crippen LogP contribution is 2.33. The second-order valence-electron chi connectivity index (χ2n) is 5.52. The number of thiophene rings is 1. The predicted octanol–water partition coefficient (Wildman–Crippen LogP) is 3.83. The fraction of sp³-hybridized carbons (Fsp3) is 0.0556. The molecular weight excluding hydrogens is 376 g/mol. The van der Waals surface area contributed by atoms with Crippen molar-refractivity contribution in [2.24, 2.45) is 0 Å². The highest BCUT2D eigenvalue weighted by atomic mass is 32.2. The third-order valence-electron chi connectivity index (χ3n) is 3.65. The average molecular weight is 392 g/mol. The lowest BCUT2D eigenvalue weighted by molar-refractivity contribution is 0.597. The van der Waals surface area contributed by atoms with E-state index in [-0.39, 0.29) is 14.0 Å². The molecule has 3 rings (SSSR count). The lowest BCUT2D eigenvalue weighted by Gasteiger charge is -2.11. The molecular formula is C18H15O4S3. The Hall–Kier alpha value is -1.96. The van der Waals surface area contributed by atoms with Gasteiger partial charge in [-0.2, -0.15) is 0 Å². The third-order valence-corrected chi connectivity index (χ3v) is 7.97. The molecule has 0 aliphatic heterocycles. The van der Waals surface area contributed by atoms with Gasteiger partial charge < -0.3 is 0 Å². The molecule has 0 saturated heterocycles. The monoisotopic (exact) mass is 391 g/mol. The van der Waals surface area contributed by atoms with Crippen molar-refractivity contribution in [3.05, 3.63) is 72.5 Å². The Kier molecular flexibility index (Phi) is 4.57. The van der Waals surface area contributed by atoms with E-state index < -0.39 is 19.7 Å². The van der Waals surface area contributed by atoms with E-state index in [0.29, 0.717) is 16.0 Å². The molecule has 0 amide bonds. The number of sulfone groups is 2. The molecule has 3 aromatic rings. The van der Waals surface area contributed by atoms with Crippen LogP contribution in [0.4, 0.5) is 0 Å². The highest BCUT2D eigenvalue weighted by Gasteiger charge is 2.23. The van der Waals surface area contributed by atoms with Gasteiger partial charge in [0.2, 0.25) is 9.84 Å². The summed E-state index contributed by atoms with van der Waals surface area (Å²) in [4.78, 5) is 0.573. The second kappa shape index (κ2) is 6.40.